The maximum Gasteiger partial charge on any atom is 0.224 e. The first-order valence-electron chi connectivity index (χ1n) is 5.23. The summed E-state index contributed by atoms with van der Waals surface area (Å²) in [5.41, 5.74) is 1.42. The van der Waals surface area contributed by atoms with Crippen LogP contribution in [0.15, 0.2) is 18.2 Å². The normalized spacial score (nSPS) is 20.6. The van der Waals surface area contributed by atoms with Crippen LogP contribution in [0, 0.1) is 12.7 Å². The van der Waals surface area contributed by atoms with Crippen LogP contribution in [0.4, 0.5) is 4.39 Å². The van der Waals surface area contributed by atoms with E-state index in [4.69, 9.17) is 11.6 Å². The van der Waals surface area contributed by atoms with Gasteiger partial charge in [-0.05, 0) is 24.1 Å². The average molecular weight is 242 g/mol. The van der Waals surface area contributed by atoms with E-state index < -0.39 is 0 Å². The molecule has 1 atom stereocenters. The van der Waals surface area contributed by atoms with Gasteiger partial charge in [0.25, 0.3) is 0 Å². The molecule has 1 aliphatic rings. The molecule has 1 aromatic rings. The minimum atomic E-state index is -0.230. The predicted octanol–water partition coefficient (Wildman–Crippen LogP) is 2.47. The molecule has 2 rings (SSSR count). The zero-order valence-electron chi connectivity index (χ0n) is 9.04. The van der Waals surface area contributed by atoms with Crippen molar-refractivity contribution >= 4 is 17.5 Å². The molecule has 1 saturated heterocycles. The van der Waals surface area contributed by atoms with Crippen LogP contribution >= 0.6 is 11.6 Å². The number of halogens is 2. The average Bonchev–Trinajstić information content (AvgIpc) is 2.51. The Morgan fingerprint density at radius 1 is 1.56 bits per heavy atom. The third-order valence-corrected chi connectivity index (χ3v) is 3.07. The molecule has 0 spiro atoms. The third kappa shape index (κ3) is 2.35. The van der Waals surface area contributed by atoms with E-state index >= 15 is 0 Å². The number of hydrogen-bond acceptors (Lipinski definition) is 1. The van der Waals surface area contributed by atoms with Gasteiger partial charge in [0, 0.05) is 19.5 Å². The zero-order chi connectivity index (χ0) is 11.7. The molecule has 1 amide bonds. The van der Waals surface area contributed by atoms with E-state index in [-0.39, 0.29) is 17.1 Å². The lowest BCUT2D eigenvalue weighted by Crippen LogP contribution is -2.24. The fraction of sp³-hybridized carbons (Fsp3) is 0.417. The van der Waals surface area contributed by atoms with Crippen LogP contribution < -0.4 is 0 Å². The van der Waals surface area contributed by atoms with Crippen molar-refractivity contribution in [2.45, 2.75) is 25.3 Å². The minimum absolute atomic E-state index is 0.0426. The first kappa shape index (κ1) is 11.4. The van der Waals surface area contributed by atoms with Crippen molar-refractivity contribution in [2.75, 3.05) is 6.54 Å². The summed E-state index contributed by atoms with van der Waals surface area (Å²) < 4.78 is 13.3. The molecule has 86 valence electrons. The van der Waals surface area contributed by atoms with Gasteiger partial charge in [0.15, 0.2) is 0 Å². The lowest BCUT2D eigenvalue weighted by atomic mass is 10.1. The van der Waals surface area contributed by atoms with Gasteiger partial charge in [-0.1, -0.05) is 12.1 Å². The SMILES string of the molecule is Cc1ccc(CN2CC(Cl)CC2=O)cc1F. The molecule has 0 saturated carbocycles. The highest BCUT2D eigenvalue weighted by atomic mass is 35.5. The molecule has 1 unspecified atom stereocenters. The summed E-state index contributed by atoms with van der Waals surface area (Å²) in [6.45, 7) is 2.71. The lowest BCUT2D eigenvalue weighted by Gasteiger charge is -2.15. The second-order valence-corrected chi connectivity index (χ2v) is 4.78. The van der Waals surface area contributed by atoms with Crippen LogP contribution in [0.1, 0.15) is 17.5 Å². The molecular formula is C12H13ClFNO. The van der Waals surface area contributed by atoms with Gasteiger partial charge in [-0.15, -0.1) is 11.6 Å². The number of amides is 1. The number of likely N-dealkylation sites (tertiary alicyclic amines) is 1. The van der Waals surface area contributed by atoms with E-state index in [0.29, 0.717) is 25.1 Å². The Morgan fingerprint density at radius 2 is 2.31 bits per heavy atom. The van der Waals surface area contributed by atoms with E-state index in [1.54, 1.807) is 17.9 Å². The van der Waals surface area contributed by atoms with Crippen LogP contribution in [-0.4, -0.2) is 22.7 Å². The van der Waals surface area contributed by atoms with E-state index in [0.717, 1.165) is 5.56 Å². The van der Waals surface area contributed by atoms with E-state index in [1.165, 1.54) is 6.07 Å². The molecule has 0 aromatic heterocycles. The highest BCUT2D eigenvalue weighted by Crippen LogP contribution is 2.19. The number of carbonyl (C=O) groups excluding carboxylic acids is 1. The lowest BCUT2D eigenvalue weighted by molar-refractivity contribution is -0.128. The zero-order valence-corrected chi connectivity index (χ0v) is 9.80. The topological polar surface area (TPSA) is 20.3 Å². The molecule has 1 fully saturated rings. The molecule has 0 bridgehead atoms. The van der Waals surface area contributed by atoms with Crippen LogP contribution in [0.3, 0.4) is 0 Å². The quantitative estimate of drug-likeness (QED) is 0.729. The molecule has 1 aliphatic heterocycles. The van der Waals surface area contributed by atoms with Crippen molar-refractivity contribution in [2.24, 2.45) is 0 Å². The smallest absolute Gasteiger partial charge is 0.224 e. The maximum atomic E-state index is 13.3. The van der Waals surface area contributed by atoms with Gasteiger partial charge >= 0.3 is 0 Å². The summed E-state index contributed by atoms with van der Waals surface area (Å²) >= 11 is 5.89. The Morgan fingerprint density at radius 3 is 2.88 bits per heavy atom. The van der Waals surface area contributed by atoms with Gasteiger partial charge in [0.1, 0.15) is 5.82 Å². The number of aryl methyl sites for hydroxylation is 1. The maximum absolute atomic E-state index is 13.3. The largest absolute Gasteiger partial charge is 0.337 e. The predicted molar refractivity (Wildman–Crippen MR) is 60.8 cm³/mol. The first-order chi connectivity index (χ1) is 7.56. The standard InChI is InChI=1S/C12H13ClFNO/c1-8-2-3-9(4-11(8)14)6-15-7-10(13)5-12(15)16/h2-4,10H,5-7H2,1H3. The molecule has 0 aliphatic carbocycles. The molecule has 1 heterocycles. The van der Waals surface area contributed by atoms with Crippen LogP contribution in [-0.2, 0) is 11.3 Å². The molecule has 4 heteroatoms. The van der Waals surface area contributed by atoms with E-state index in [2.05, 4.69) is 0 Å². The Labute approximate surface area is 99.0 Å². The fourth-order valence-electron chi connectivity index (χ4n) is 1.83. The number of nitrogens with zero attached hydrogens (tertiary/aromatic N) is 1. The fourth-order valence-corrected chi connectivity index (χ4v) is 2.13. The summed E-state index contributed by atoms with van der Waals surface area (Å²) in [5.74, 6) is -0.187. The van der Waals surface area contributed by atoms with Crippen molar-refractivity contribution < 1.29 is 9.18 Å². The summed E-state index contributed by atoms with van der Waals surface area (Å²) in [6, 6.07) is 5.04. The van der Waals surface area contributed by atoms with Gasteiger partial charge in [0.05, 0.1) is 5.38 Å². The van der Waals surface area contributed by atoms with Crippen LogP contribution in [0.5, 0.6) is 0 Å². The summed E-state index contributed by atoms with van der Waals surface area (Å²) in [5, 5.41) is -0.109. The molecule has 2 nitrogen and oxygen atoms in total. The molecular weight excluding hydrogens is 229 g/mol. The number of alkyl halides is 1. The van der Waals surface area contributed by atoms with Crippen LogP contribution in [0.25, 0.3) is 0 Å². The van der Waals surface area contributed by atoms with Crippen LogP contribution in [0.2, 0.25) is 0 Å². The van der Waals surface area contributed by atoms with Crippen molar-refractivity contribution in [1.82, 2.24) is 4.90 Å². The minimum Gasteiger partial charge on any atom is -0.337 e. The van der Waals surface area contributed by atoms with Crippen molar-refractivity contribution in [3.8, 4) is 0 Å². The Bertz CT molecular complexity index is 421. The Kier molecular flexibility index (Phi) is 3.15. The summed E-state index contributed by atoms with van der Waals surface area (Å²) in [6.07, 6.45) is 0.385. The Hall–Kier alpha value is -1.09. The highest BCUT2D eigenvalue weighted by molar-refractivity contribution is 6.22. The van der Waals surface area contributed by atoms with Gasteiger partial charge in [-0.25, -0.2) is 4.39 Å². The summed E-state index contributed by atoms with van der Waals surface area (Å²) in [7, 11) is 0. The second-order valence-electron chi connectivity index (χ2n) is 4.16. The van der Waals surface area contributed by atoms with Crippen molar-refractivity contribution in [3.63, 3.8) is 0 Å². The Balaban J connectivity index is 2.09. The van der Waals surface area contributed by atoms with Gasteiger partial charge in [0.2, 0.25) is 5.91 Å². The third-order valence-electron chi connectivity index (χ3n) is 2.78. The molecule has 0 N–H and O–H groups in total. The van der Waals surface area contributed by atoms with Crippen molar-refractivity contribution in [3.05, 3.63) is 35.1 Å². The number of hydrogen-bond donors (Lipinski definition) is 0. The van der Waals surface area contributed by atoms with Gasteiger partial charge in [-0.2, -0.15) is 0 Å². The van der Waals surface area contributed by atoms with E-state index in [9.17, 15) is 9.18 Å². The van der Waals surface area contributed by atoms with E-state index in [1.807, 2.05) is 6.07 Å². The van der Waals surface area contributed by atoms with Crippen molar-refractivity contribution in [1.29, 1.82) is 0 Å². The number of benzene rings is 1. The summed E-state index contributed by atoms with van der Waals surface area (Å²) in [4.78, 5) is 13.2. The molecule has 1 aromatic carbocycles. The number of rotatable bonds is 2. The van der Waals surface area contributed by atoms with Gasteiger partial charge in [-0.3, -0.25) is 4.79 Å². The second kappa shape index (κ2) is 4.42. The molecule has 16 heavy (non-hydrogen) atoms. The monoisotopic (exact) mass is 241 g/mol. The molecule has 0 radical (unpaired) electrons. The first-order valence-corrected chi connectivity index (χ1v) is 5.67. The number of carbonyl (C=O) groups is 1. The van der Waals surface area contributed by atoms with Gasteiger partial charge < -0.3 is 4.90 Å². The highest BCUT2D eigenvalue weighted by Gasteiger charge is 2.27.